The Morgan fingerprint density at radius 1 is 0.902 bits per heavy atom. The second-order valence-corrected chi connectivity index (χ2v) is 10.2. The first-order valence-corrected chi connectivity index (χ1v) is 13.5. The number of esters is 2. The Morgan fingerprint density at radius 2 is 1.61 bits per heavy atom. The first-order valence-electron chi connectivity index (χ1n) is 13.5. The molecule has 1 aromatic heterocycles. The summed E-state index contributed by atoms with van der Waals surface area (Å²) < 4.78 is 27.9. The van der Waals surface area contributed by atoms with Crippen molar-refractivity contribution in [2.45, 2.75) is 59.8 Å². The number of hydrogen-bond acceptors (Lipinski definition) is 9. The van der Waals surface area contributed by atoms with E-state index in [2.05, 4.69) is 10.3 Å². The number of nitrogens with one attached hydrogen (secondary N) is 1. The van der Waals surface area contributed by atoms with E-state index in [1.54, 1.807) is 20.8 Å². The molecular formula is C31H38N2O8. The van der Waals surface area contributed by atoms with Crippen LogP contribution in [0.4, 0.5) is 0 Å². The van der Waals surface area contributed by atoms with Crippen molar-refractivity contribution in [3.8, 4) is 17.2 Å². The van der Waals surface area contributed by atoms with Crippen LogP contribution in [-0.2, 0) is 19.1 Å². The molecule has 220 valence electrons. The van der Waals surface area contributed by atoms with Gasteiger partial charge in [0.15, 0.2) is 17.2 Å². The summed E-state index contributed by atoms with van der Waals surface area (Å²) in [5.41, 5.74) is -0.137. The average Bonchev–Trinajstić information content (AvgIpc) is 2.93. The number of carbonyl (C=O) groups excluding carboxylic acids is 3. The number of methoxy groups -OCH3 is 1. The number of amides is 1. The van der Waals surface area contributed by atoms with E-state index in [1.807, 2.05) is 56.3 Å². The smallest absolute Gasteiger partial charge is 0.329 e. The van der Waals surface area contributed by atoms with Crippen LogP contribution in [-0.4, -0.2) is 55.0 Å². The molecule has 0 fully saturated rings. The standard InChI is InChI=1S/C31H38N2O8/c1-18(2)26(33-30(35)27-29(39-17-38-21(6)34)25(37-7)15-16-32-27)31(36)40-20(5)28(19(3)4)41-24-14-10-12-22-11-8-9-13-23(22)24/h8-16,18-20,26,28H,17H2,1-7H3,(H,33,35)/t20-,26-,28+/m0/s1. The molecular weight excluding hydrogens is 528 g/mol. The van der Waals surface area contributed by atoms with Crippen molar-refractivity contribution in [3.63, 3.8) is 0 Å². The average molecular weight is 567 g/mol. The van der Waals surface area contributed by atoms with Crippen LogP contribution in [0, 0.1) is 11.8 Å². The third-order valence-corrected chi connectivity index (χ3v) is 6.41. The minimum atomic E-state index is -0.996. The molecule has 3 atom stereocenters. The molecule has 0 aliphatic heterocycles. The van der Waals surface area contributed by atoms with E-state index in [0.717, 1.165) is 10.8 Å². The Morgan fingerprint density at radius 3 is 2.27 bits per heavy atom. The van der Waals surface area contributed by atoms with Gasteiger partial charge in [0.25, 0.3) is 5.91 Å². The van der Waals surface area contributed by atoms with Gasteiger partial charge < -0.3 is 29.0 Å². The minimum absolute atomic E-state index is 0.0155. The van der Waals surface area contributed by atoms with Crippen LogP contribution in [0.25, 0.3) is 10.8 Å². The molecule has 41 heavy (non-hydrogen) atoms. The summed E-state index contributed by atoms with van der Waals surface area (Å²) in [6, 6.07) is 14.2. The van der Waals surface area contributed by atoms with Crippen LogP contribution in [0.15, 0.2) is 54.7 Å². The monoisotopic (exact) mass is 566 g/mol. The third kappa shape index (κ3) is 8.09. The molecule has 0 saturated heterocycles. The largest absolute Gasteiger partial charge is 0.493 e. The Kier molecular flexibility index (Phi) is 10.9. The van der Waals surface area contributed by atoms with Gasteiger partial charge in [-0.2, -0.15) is 0 Å². The van der Waals surface area contributed by atoms with E-state index in [0.29, 0.717) is 5.75 Å². The van der Waals surface area contributed by atoms with Gasteiger partial charge >= 0.3 is 11.9 Å². The fourth-order valence-electron chi connectivity index (χ4n) is 4.31. The normalized spacial score (nSPS) is 13.3. The number of ether oxygens (including phenoxy) is 5. The van der Waals surface area contributed by atoms with Crippen molar-refractivity contribution in [3.05, 3.63) is 60.4 Å². The summed E-state index contributed by atoms with van der Waals surface area (Å²) in [4.78, 5) is 41.9. The molecule has 3 rings (SSSR count). The van der Waals surface area contributed by atoms with Crippen LogP contribution in [0.3, 0.4) is 0 Å². The van der Waals surface area contributed by atoms with Crippen LogP contribution >= 0.6 is 0 Å². The summed E-state index contributed by atoms with van der Waals surface area (Å²) in [5, 5.41) is 4.72. The van der Waals surface area contributed by atoms with Crippen LogP contribution in [0.5, 0.6) is 17.2 Å². The molecule has 0 spiro atoms. The van der Waals surface area contributed by atoms with Gasteiger partial charge in [-0.25, -0.2) is 9.78 Å². The number of nitrogens with zero attached hydrogens (tertiary/aromatic N) is 1. The summed E-state index contributed by atoms with van der Waals surface area (Å²) in [5.74, 6) is -1.27. The zero-order chi connectivity index (χ0) is 30.1. The summed E-state index contributed by atoms with van der Waals surface area (Å²) in [6.45, 7) is 10.1. The molecule has 1 heterocycles. The molecule has 0 saturated carbocycles. The second-order valence-electron chi connectivity index (χ2n) is 10.2. The van der Waals surface area contributed by atoms with Crippen LogP contribution in [0.1, 0.15) is 52.0 Å². The number of carbonyl (C=O) groups is 3. The van der Waals surface area contributed by atoms with E-state index in [1.165, 1.54) is 26.3 Å². The topological polar surface area (TPSA) is 122 Å². The lowest BCUT2D eigenvalue weighted by Crippen LogP contribution is -2.48. The second kappa shape index (κ2) is 14.3. The fourth-order valence-corrected chi connectivity index (χ4v) is 4.31. The molecule has 10 heteroatoms. The van der Waals surface area contributed by atoms with Gasteiger partial charge in [-0.05, 0) is 30.2 Å². The van der Waals surface area contributed by atoms with Crippen molar-refractivity contribution in [2.75, 3.05) is 13.9 Å². The molecule has 10 nitrogen and oxygen atoms in total. The summed E-state index contributed by atoms with van der Waals surface area (Å²) >= 11 is 0. The Labute approximate surface area is 240 Å². The van der Waals surface area contributed by atoms with Crippen molar-refractivity contribution >= 4 is 28.6 Å². The van der Waals surface area contributed by atoms with E-state index >= 15 is 0 Å². The van der Waals surface area contributed by atoms with Crippen molar-refractivity contribution in [1.82, 2.24) is 10.3 Å². The van der Waals surface area contributed by atoms with Crippen molar-refractivity contribution in [2.24, 2.45) is 11.8 Å². The van der Waals surface area contributed by atoms with E-state index in [-0.39, 0.29) is 29.0 Å². The quantitative estimate of drug-likeness (QED) is 0.227. The van der Waals surface area contributed by atoms with Gasteiger partial charge in [0, 0.05) is 24.6 Å². The molecule has 0 bridgehead atoms. The lowest BCUT2D eigenvalue weighted by Gasteiger charge is -2.30. The number of rotatable bonds is 13. The number of fused-ring (bicyclic) bond motifs is 1. The fraction of sp³-hybridized carbons (Fsp3) is 0.419. The Hall–Kier alpha value is -4.34. The SMILES string of the molecule is COc1ccnc(C(=O)N[C@H](C(=O)O[C@@H](C)[C@H](Oc2cccc3ccccc23)C(C)C)C(C)C)c1OCOC(C)=O. The maximum absolute atomic E-state index is 13.4. The maximum atomic E-state index is 13.4. The summed E-state index contributed by atoms with van der Waals surface area (Å²) in [7, 11) is 1.40. The molecule has 3 aromatic rings. The third-order valence-electron chi connectivity index (χ3n) is 6.41. The van der Waals surface area contributed by atoms with Crippen LogP contribution < -0.4 is 19.5 Å². The van der Waals surface area contributed by atoms with Crippen LogP contribution in [0.2, 0.25) is 0 Å². The predicted molar refractivity (Wildman–Crippen MR) is 153 cm³/mol. The molecule has 0 aliphatic rings. The van der Waals surface area contributed by atoms with Gasteiger partial charge in [-0.3, -0.25) is 9.59 Å². The van der Waals surface area contributed by atoms with E-state index < -0.39 is 42.9 Å². The highest BCUT2D eigenvalue weighted by Gasteiger charge is 2.33. The number of hydrogen-bond donors (Lipinski definition) is 1. The lowest BCUT2D eigenvalue weighted by molar-refractivity contribution is -0.157. The first kappa shape index (κ1) is 31.2. The first-order chi connectivity index (χ1) is 19.5. The highest BCUT2D eigenvalue weighted by molar-refractivity contribution is 5.98. The van der Waals surface area contributed by atoms with E-state index in [4.69, 9.17) is 23.7 Å². The van der Waals surface area contributed by atoms with Crippen molar-refractivity contribution in [1.29, 1.82) is 0 Å². The lowest BCUT2D eigenvalue weighted by atomic mass is 10.0. The Bertz CT molecular complexity index is 1350. The molecule has 0 radical (unpaired) electrons. The molecule has 0 aliphatic carbocycles. The molecule has 1 N–H and O–H groups in total. The molecule has 2 aromatic carbocycles. The number of aromatic nitrogens is 1. The number of benzene rings is 2. The Balaban J connectivity index is 1.77. The highest BCUT2D eigenvalue weighted by Crippen LogP contribution is 2.31. The van der Waals surface area contributed by atoms with Gasteiger partial charge in [0.2, 0.25) is 6.79 Å². The number of pyridine rings is 1. The zero-order valence-electron chi connectivity index (χ0n) is 24.5. The zero-order valence-corrected chi connectivity index (χ0v) is 24.5. The van der Waals surface area contributed by atoms with E-state index in [9.17, 15) is 14.4 Å². The maximum Gasteiger partial charge on any atom is 0.329 e. The van der Waals surface area contributed by atoms with Gasteiger partial charge in [-0.1, -0.05) is 64.1 Å². The van der Waals surface area contributed by atoms with Gasteiger partial charge in [-0.15, -0.1) is 0 Å². The molecule has 1 amide bonds. The molecule has 0 unspecified atom stereocenters. The summed E-state index contributed by atoms with van der Waals surface area (Å²) in [6.07, 6.45) is 0.293. The van der Waals surface area contributed by atoms with Crippen molar-refractivity contribution < 1.29 is 38.1 Å². The predicted octanol–water partition coefficient (Wildman–Crippen LogP) is 4.93. The van der Waals surface area contributed by atoms with Gasteiger partial charge in [0.05, 0.1) is 7.11 Å². The highest BCUT2D eigenvalue weighted by atomic mass is 16.7. The van der Waals surface area contributed by atoms with Gasteiger partial charge in [0.1, 0.15) is 24.0 Å². The minimum Gasteiger partial charge on any atom is -0.493 e.